The van der Waals surface area contributed by atoms with Gasteiger partial charge in [0.25, 0.3) is 0 Å². The highest BCUT2D eigenvalue weighted by molar-refractivity contribution is 5.71. The molecule has 1 atom stereocenters. The summed E-state index contributed by atoms with van der Waals surface area (Å²) in [5, 5.41) is 0. The van der Waals surface area contributed by atoms with Crippen LogP contribution in [0.25, 0.3) is 0 Å². The summed E-state index contributed by atoms with van der Waals surface area (Å²) in [6.07, 6.45) is 84.1. The van der Waals surface area contributed by atoms with Crippen molar-refractivity contribution in [2.24, 2.45) is 0 Å². The molecule has 0 heterocycles. The molecule has 0 amide bonds. The Balaban J connectivity index is 4.08. The average Bonchev–Trinajstić information content (AvgIpc) is 3.40. The van der Waals surface area contributed by atoms with E-state index in [1.54, 1.807) is 0 Å². The molecule has 422 valence electrons. The van der Waals surface area contributed by atoms with E-state index in [1.165, 1.54) is 128 Å². The van der Waals surface area contributed by atoms with Gasteiger partial charge in [-0.1, -0.05) is 271 Å². The second kappa shape index (κ2) is 61.6. The Morgan fingerprint density at radius 2 is 0.527 bits per heavy atom. The van der Waals surface area contributed by atoms with Gasteiger partial charge in [-0.3, -0.25) is 14.4 Å². The van der Waals surface area contributed by atoms with Gasteiger partial charge in [-0.15, -0.1) is 0 Å². The monoisotopic (exact) mass is 1030 g/mol. The van der Waals surface area contributed by atoms with Crippen LogP contribution in [0.4, 0.5) is 0 Å². The Bertz CT molecular complexity index is 1510. The van der Waals surface area contributed by atoms with Crippen LogP contribution in [0.1, 0.15) is 284 Å². The fourth-order valence-corrected chi connectivity index (χ4v) is 8.46. The first-order valence-corrected chi connectivity index (χ1v) is 30.9. The molecule has 0 saturated heterocycles. The van der Waals surface area contributed by atoms with Gasteiger partial charge in [-0.25, -0.2) is 0 Å². The standard InChI is InChI=1S/C68H114O6/c1-4-7-10-13-16-19-21-23-25-26-27-28-29-30-31-32-33-34-35-36-37-38-39-40-41-42-44-45-47-49-52-55-58-61-67(70)73-64-65(63-72-66(69)60-57-54-51-18-15-12-9-6-3)74-68(71)62-59-56-53-50-48-46-43-24-22-20-17-14-11-8-5-2/h7-8,10-11,16-17,19-20,23-25,27-28,30-31,43,48,50,65H,4-6,9,12-15,18,21-22,26,29,32-42,44-47,49,51-64H2,1-3H3/b10-7-,11-8-,19-16-,20-17-,25-23-,28-27-,31-30-,43-24-,50-48-. The number of allylic oxidation sites excluding steroid dienone is 18. The molecule has 0 rings (SSSR count). The summed E-state index contributed by atoms with van der Waals surface area (Å²) >= 11 is 0. The van der Waals surface area contributed by atoms with E-state index >= 15 is 0 Å². The van der Waals surface area contributed by atoms with Gasteiger partial charge < -0.3 is 14.2 Å². The van der Waals surface area contributed by atoms with E-state index < -0.39 is 6.10 Å². The summed E-state index contributed by atoms with van der Waals surface area (Å²) in [5.74, 6) is -0.934. The van der Waals surface area contributed by atoms with E-state index in [4.69, 9.17) is 14.2 Å². The number of carbonyl (C=O) groups excluding carboxylic acids is 3. The number of carbonyl (C=O) groups is 3. The van der Waals surface area contributed by atoms with Gasteiger partial charge in [0.15, 0.2) is 6.10 Å². The lowest BCUT2D eigenvalue weighted by Gasteiger charge is -2.18. The van der Waals surface area contributed by atoms with E-state index in [-0.39, 0.29) is 37.5 Å². The van der Waals surface area contributed by atoms with E-state index in [1.807, 2.05) is 0 Å². The molecule has 6 nitrogen and oxygen atoms in total. The molecule has 0 aliphatic carbocycles. The molecule has 0 aromatic heterocycles. The van der Waals surface area contributed by atoms with Crippen molar-refractivity contribution in [3.05, 3.63) is 109 Å². The molecule has 0 aromatic carbocycles. The fourth-order valence-electron chi connectivity index (χ4n) is 8.46. The highest BCUT2D eigenvalue weighted by Gasteiger charge is 2.19. The van der Waals surface area contributed by atoms with Crippen molar-refractivity contribution in [2.75, 3.05) is 13.2 Å². The number of hydrogen-bond donors (Lipinski definition) is 0. The predicted octanol–water partition coefficient (Wildman–Crippen LogP) is 21.0. The molecule has 0 spiro atoms. The quantitative estimate of drug-likeness (QED) is 0.0261. The third-order valence-electron chi connectivity index (χ3n) is 13.0. The van der Waals surface area contributed by atoms with Crippen LogP contribution in [0.15, 0.2) is 109 Å². The summed E-state index contributed by atoms with van der Waals surface area (Å²) in [6, 6.07) is 0. The molecule has 6 heteroatoms. The molecule has 0 N–H and O–H groups in total. The SMILES string of the molecule is CC/C=C\C/C=C\C/C=C\C/C=C\C/C=C\CCCCCCCCCCCCCCCCCCCC(=O)OCC(COC(=O)CCCCCCCCCC)OC(=O)CCCC/C=C\C/C=C\C/C=C\C/C=C\CC. The van der Waals surface area contributed by atoms with Crippen molar-refractivity contribution in [1.82, 2.24) is 0 Å². The normalized spacial score (nSPS) is 12.9. The molecule has 0 aliphatic rings. The van der Waals surface area contributed by atoms with Gasteiger partial charge in [0.05, 0.1) is 0 Å². The highest BCUT2D eigenvalue weighted by Crippen LogP contribution is 2.16. The van der Waals surface area contributed by atoms with Crippen molar-refractivity contribution in [1.29, 1.82) is 0 Å². The first kappa shape index (κ1) is 70.1. The predicted molar refractivity (Wildman–Crippen MR) is 320 cm³/mol. The van der Waals surface area contributed by atoms with E-state index in [9.17, 15) is 14.4 Å². The molecule has 0 radical (unpaired) electrons. The Morgan fingerprint density at radius 1 is 0.284 bits per heavy atom. The van der Waals surface area contributed by atoms with Crippen molar-refractivity contribution in [3.8, 4) is 0 Å². The second-order valence-corrected chi connectivity index (χ2v) is 20.2. The smallest absolute Gasteiger partial charge is 0.306 e. The molecule has 0 bridgehead atoms. The van der Waals surface area contributed by atoms with Crippen LogP contribution in [-0.2, 0) is 28.6 Å². The summed E-state index contributed by atoms with van der Waals surface area (Å²) in [5.41, 5.74) is 0. The molecule has 0 aliphatic heterocycles. The maximum atomic E-state index is 12.8. The van der Waals surface area contributed by atoms with Crippen LogP contribution >= 0.6 is 0 Å². The lowest BCUT2D eigenvalue weighted by Crippen LogP contribution is -2.30. The maximum Gasteiger partial charge on any atom is 0.306 e. The van der Waals surface area contributed by atoms with Gasteiger partial charge in [0.1, 0.15) is 13.2 Å². The number of rotatable bonds is 55. The van der Waals surface area contributed by atoms with Crippen molar-refractivity contribution < 1.29 is 28.6 Å². The van der Waals surface area contributed by atoms with Gasteiger partial charge in [0, 0.05) is 19.3 Å². The Hall–Kier alpha value is -3.93. The molecule has 74 heavy (non-hydrogen) atoms. The number of ether oxygens (including phenoxy) is 3. The Labute approximate surface area is 457 Å². The van der Waals surface area contributed by atoms with Gasteiger partial charge >= 0.3 is 17.9 Å². The topological polar surface area (TPSA) is 78.9 Å². The highest BCUT2D eigenvalue weighted by atomic mass is 16.6. The maximum absolute atomic E-state index is 12.8. The van der Waals surface area contributed by atoms with Crippen molar-refractivity contribution >= 4 is 17.9 Å². The summed E-state index contributed by atoms with van der Waals surface area (Å²) in [6.45, 7) is 6.35. The fraction of sp³-hybridized carbons (Fsp3) is 0.691. The van der Waals surface area contributed by atoms with Crippen LogP contribution in [0.5, 0.6) is 0 Å². The minimum Gasteiger partial charge on any atom is -0.462 e. The van der Waals surface area contributed by atoms with Gasteiger partial charge in [-0.2, -0.15) is 0 Å². The van der Waals surface area contributed by atoms with Gasteiger partial charge in [-0.05, 0) is 103 Å². The zero-order valence-electron chi connectivity index (χ0n) is 48.3. The van der Waals surface area contributed by atoms with Crippen LogP contribution in [0.3, 0.4) is 0 Å². The average molecular weight is 1030 g/mol. The molecular weight excluding hydrogens is 913 g/mol. The van der Waals surface area contributed by atoms with Crippen molar-refractivity contribution in [3.63, 3.8) is 0 Å². The Morgan fingerprint density at radius 3 is 0.851 bits per heavy atom. The van der Waals surface area contributed by atoms with Crippen LogP contribution in [0, 0.1) is 0 Å². The summed E-state index contributed by atoms with van der Waals surface area (Å²) < 4.78 is 16.8. The lowest BCUT2D eigenvalue weighted by molar-refractivity contribution is -0.167. The lowest BCUT2D eigenvalue weighted by atomic mass is 10.0. The van der Waals surface area contributed by atoms with E-state index in [0.717, 1.165) is 109 Å². The number of hydrogen-bond acceptors (Lipinski definition) is 6. The third kappa shape index (κ3) is 59.0. The second-order valence-electron chi connectivity index (χ2n) is 20.2. The van der Waals surface area contributed by atoms with Gasteiger partial charge in [0.2, 0.25) is 0 Å². The van der Waals surface area contributed by atoms with Crippen LogP contribution < -0.4 is 0 Å². The van der Waals surface area contributed by atoms with E-state index in [0.29, 0.717) is 19.3 Å². The zero-order chi connectivity index (χ0) is 53.6. The zero-order valence-corrected chi connectivity index (χ0v) is 48.3. The molecule has 0 saturated carbocycles. The Kier molecular flexibility index (Phi) is 58.3. The first-order chi connectivity index (χ1) is 36.5. The molecule has 1 unspecified atom stereocenters. The van der Waals surface area contributed by atoms with Crippen LogP contribution in [-0.4, -0.2) is 37.2 Å². The van der Waals surface area contributed by atoms with Crippen molar-refractivity contribution in [2.45, 2.75) is 290 Å². The summed E-state index contributed by atoms with van der Waals surface area (Å²) in [7, 11) is 0. The third-order valence-corrected chi connectivity index (χ3v) is 13.0. The molecular formula is C68H114O6. The molecule has 0 aromatic rings. The minimum absolute atomic E-state index is 0.0921. The van der Waals surface area contributed by atoms with E-state index in [2.05, 4.69) is 130 Å². The first-order valence-electron chi connectivity index (χ1n) is 30.9. The molecule has 0 fully saturated rings. The largest absolute Gasteiger partial charge is 0.462 e. The summed E-state index contributed by atoms with van der Waals surface area (Å²) in [4.78, 5) is 38.0. The minimum atomic E-state index is -0.796. The van der Waals surface area contributed by atoms with Crippen LogP contribution in [0.2, 0.25) is 0 Å². The number of unbranched alkanes of at least 4 members (excludes halogenated alkanes) is 26. The number of esters is 3.